The second-order valence-electron chi connectivity index (χ2n) is 7.56. The zero-order valence-electron chi connectivity index (χ0n) is 18.0. The predicted octanol–water partition coefficient (Wildman–Crippen LogP) is 5.20. The third-order valence-electron chi connectivity index (χ3n) is 5.65. The van der Waals surface area contributed by atoms with Crippen molar-refractivity contribution in [1.29, 1.82) is 0 Å². The van der Waals surface area contributed by atoms with Gasteiger partial charge in [0, 0.05) is 22.3 Å². The molecule has 162 valence electrons. The Kier molecular flexibility index (Phi) is 5.98. The van der Waals surface area contributed by atoms with Crippen molar-refractivity contribution in [2.24, 2.45) is 0 Å². The Balaban J connectivity index is 2.10. The predicted molar refractivity (Wildman–Crippen MR) is 118 cm³/mol. The van der Waals surface area contributed by atoms with Crippen LogP contribution in [0.2, 0.25) is 0 Å². The van der Waals surface area contributed by atoms with Gasteiger partial charge in [-0.1, -0.05) is 30.3 Å². The minimum absolute atomic E-state index is 0.0775. The van der Waals surface area contributed by atoms with E-state index in [1.807, 2.05) is 0 Å². The summed E-state index contributed by atoms with van der Waals surface area (Å²) < 4.78 is 0. The molecule has 3 aromatic rings. The quantitative estimate of drug-likeness (QED) is 0.300. The van der Waals surface area contributed by atoms with E-state index in [1.165, 1.54) is 36.4 Å². The number of hydrogen-bond acceptors (Lipinski definition) is 6. The highest BCUT2D eigenvalue weighted by Gasteiger charge is 2.27. The molecule has 0 aliphatic rings. The molecule has 0 aliphatic carbocycles. The SMILES string of the molecule is Cc1ccc(C(=O)c2cccc(C(=O)c3ccc(C)c(C)c3[N+](=O)[O-])c2)c([N+](=O)[O-])c1C. The van der Waals surface area contributed by atoms with Gasteiger partial charge in [-0.3, -0.25) is 29.8 Å². The fraction of sp³-hybridized carbons (Fsp3) is 0.167. The molecule has 0 saturated carbocycles. The summed E-state index contributed by atoms with van der Waals surface area (Å²) in [5.74, 6) is -1.21. The summed E-state index contributed by atoms with van der Waals surface area (Å²) >= 11 is 0. The van der Waals surface area contributed by atoms with Gasteiger partial charge >= 0.3 is 0 Å². The lowest BCUT2D eigenvalue weighted by Gasteiger charge is -2.10. The van der Waals surface area contributed by atoms with Gasteiger partial charge in [0.15, 0.2) is 11.6 Å². The molecule has 0 bridgehead atoms. The summed E-state index contributed by atoms with van der Waals surface area (Å²) in [6, 6.07) is 11.7. The zero-order chi connectivity index (χ0) is 23.7. The number of aryl methyl sites for hydroxylation is 2. The minimum Gasteiger partial charge on any atom is -0.288 e. The summed E-state index contributed by atoms with van der Waals surface area (Å²) in [5, 5.41) is 23.2. The van der Waals surface area contributed by atoms with Crippen molar-refractivity contribution in [2.75, 3.05) is 0 Å². The Morgan fingerprint density at radius 3 is 1.38 bits per heavy atom. The van der Waals surface area contributed by atoms with Crippen LogP contribution in [0.3, 0.4) is 0 Å². The summed E-state index contributed by atoms with van der Waals surface area (Å²) in [5.41, 5.74) is 1.56. The van der Waals surface area contributed by atoms with E-state index in [-0.39, 0.29) is 33.6 Å². The smallest absolute Gasteiger partial charge is 0.283 e. The third kappa shape index (κ3) is 3.90. The maximum atomic E-state index is 13.1. The first-order chi connectivity index (χ1) is 15.0. The monoisotopic (exact) mass is 432 g/mol. The molecule has 8 nitrogen and oxygen atoms in total. The van der Waals surface area contributed by atoms with Crippen molar-refractivity contribution < 1.29 is 19.4 Å². The Hall–Kier alpha value is -4.20. The van der Waals surface area contributed by atoms with Crippen molar-refractivity contribution in [3.8, 4) is 0 Å². The van der Waals surface area contributed by atoms with Gasteiger partial charge in [0.05, 0.1) is 9.85 Å². The number of nitro benzene ring substituents is 2. The first-order valence-electron chi connectivity index (χ1n) is 9.73. The number of carbonyl (C=O) groups excluding carboxylic acids is 2. The molecule has 0 N–H and O–H groups in total. The molecule has 0 amide bonds. The van der Waals surface area contributed by atoms with Crippen molar-refractivity contribution in [3.05, 3.63) is 113 Å². The highest BCUT2D eigenvalue weighted by atomic mass is 16.6. The molecule has 0 heterocycles. The average molecular weight is 432 g/mol. The van der Waals surface area contributed by atoms with Crippen LogP contribution in [0.4, 0.5) is 11.4 Å². The molecule has 8 heteroatoms. The third-order valence-corrected chi connectivity index (χ3v) is 5.65. The fourth-order valence-corrected chi connectivity index (χ4v) is 3.55. The number of nitro groups is 2. The molecule has 0 atom stereocenters. The lowest BCUT2D eigenvalue weighted by Crippen LogP contribution is -2.11. The molecule has 32 heavy (non-hydrogen) atoms. The van der Waals surface area contributed by atoms with Gasteiger partial charge in [-0.15, -0.1) is 0 Å². The van der Waals surface area contributed by atoms with Gasteiger partial charge in [0.1, 0.15) is 11.1 Å². The van der Waals surface area contributed by atoms with E-state index < -0.39 is 21.4 Å². The van der Waals surface area contributed by atoms with Gasteiger partial charge in [0.25, 0.3) is 11.4 Å². The van der Waals surface area contributed by atoms with E-state index >= 15 is 0 Å². The van der Waals surface area contributed by atoms with Crippen molar-refractivity contribution in [3.63, 3.8) is 0 Å². The lowest BCUT2D eigenvalue weighted by atomic mass is 9.93. The molecule has 0 unspecified atom stereocenters. The van der Waals surface area contributed by atoms with E-state index in [1.54, 1.807) is 39.8 Å². The number of ketones is 2. The van der Waals surface area contributed by atoms with Gasteiger partial charge < -0.3 is 0 Å². The summed E-state index contributed by atoms with van der Waals surface area (Å²) in [4.78, 5) is 48.2. The molecule has 0 fully saturated rings. The van der Waals surface area contributed by atoms with Crippen LogP contribution >= 0.6 is 0 Å². The molecular formula is C24H20N2O6. The Bertz CT molecular complexity index is 1210. The highest BCUT2D eigenvalue weighted by molar-refractivity contribution is 6.15. The van der Waals surface area contributed by atoms with E-state index in [0.717, 1.165) is 0 Å². The van der Waals surface area contributed by atoms with Crippen LogP contribution in [-0.4, -0.2) is 21.4 Å². The zero-order valence-corrected chi connectivity index (χ0v) is 18.0. The normalized spacial score (nSPS) is 10.6. The Labute approximate surface area is 183 Å². The van der Waals surface area contributed by atoms with Crippen LogP contribution < -0.4 is 0 Å². The number of hydrogen-bond donors (Lipinski definition) is 0. The van der Waals surface area contributed by atoms with Crippen LogP contribution in [0.5, 0.6) is 0 Å². The molecule has 0 saturated heterocycles. The Morgan fingerprint density at radius 1 is 0.656 bits per heavy atom. The van der Waals surface area contributed by atoms with Gasteiger partial charge in [-0.2, -0.15) is 0 Å². The lowest BCUT2D eigenvalue weighted by molar-refractivity contribution is -0.385. The van der Waals surface area contributed by atoms with Crippen molar-refractivity contribution in [2.45, 2.75) is 27.7 Å². The van der Waals surface area contributed by atoms with Crippen molar-refractivity contribution in [1.82, 2.24) is 0 Å². The molecule has 0 spiro atoms. The first kappa shape index (κ1) is 22.5. The Morgan fingerprint density at radius 2 is 1.03 bits per heavy atom. The van der Waals surface area contributed by atoms with Gasteiger partial charge in [0.2, 0.25) is 0 Å². The maximum absolute atomic E-state index is 13.1. The van der Waals surface area contributed by atoms with E-state index in [9.17, 15) is 29.8 Å². The molecule has 3 rings (SSSR count). The highest BCUT2D eigenvalue weighted by Crippen LogP contribution is 2.30. The van der Waals surface area contributed by atoms with Gasteiger partial charge in [-0.05, 0) is 57.0 Å². The standard InChI is InChI=1S/C24H20N2O6/c1-13-8-10-19(21(15(13)3)25(29)30)23(27)17-6-5-7-18(12-17)24(28)20-11-9-14(2)16(4)22(20)26(31)32/h5-12H,1-4H3. The van der Waals surface area contributed by atoms with Crippen LogP contribution in [-0.2, 0) is 0 Å². The van der Waals surface area contributed by atoms with Gasteiger partial charge in [-0.25, -0.2) is 0 Å². The molecule has 3 aromatic carbocycles. The molecule has 0 aliphatic heterocycles. The van der Waals surface area contributed by atoms with Crippen molar-refractivity contribution >= 4 is 22.9 Å². The summed E-state index contributed by atoms with van der Waals surface area (Å²) in [7, 11) is 0. The van der Waals surface area contributed by atoms with E-state index in [2.05, 4.69) is 0 Å². The second-order valence-corrected chi connectivity index (χ2v) is 7.56. The fourth-order valence-electron chi connectivity index (χ4n) is 3.55. The largest absolute Gasteiger partial charge is 0.288 e. The number of benzene rings is 3. The maximum Gasteiger partial charge on any atom is 0.283 e. The van der Waals surface area contributed by atoms with E-state index in [0.29, 0.717) is 22.3 Å². The molecular weight excluding hydrogens is 412 g/mol. The van der Waals surface area contributed by atoms with Crippen LogP contribution in [0.25, 0.3) is 0 Å². The summed E-state index contributed by atoms with van der Waals surface area (Å²) in [6.45, 7) is 6.57. The first-order valence-corrected chi connectivity index (χ1v) is 9.73. The van der Waals surface area contributed by atoms with Crippen LogP contribution in [0, 0.1) is 47.9 Å². The number of carbonyl (C=O) groups is 2. The van der Waals surface area contributed by atoms with E-state index in [4.69, 9.17) is 0 Å². The topological polar surface area (TPSA) is 120 Å². The van der Waals surface area contributed by atoms with Crippen LogP contribution in [0.15, 0.2) is 48.5 Å². The van der Waals surface area contributed by atoms with Crippen LogP contribution in [0.1, 0.15) is 54.1 Å². The molecule has 0 radical (unpaired) electrons. The number of nitrogens with zero attached hydrogens (tertiary/aromatic N) is 2. The molecule has 0 aromatic heterocycles. The summed E-state index contributed by atoms with van der Waals surface area (Å²) in [6.07, 6.45) is 0. The average Bonchev–Trinajstić information content (AvgIpc) is 2.75. The number of rotatable bonds is 6. The second kappa shape index (κ2) is 8.50. The minimum atomic E-state index is -0.607.